The van der Waals surface area contributed by atoms with Gasteiger partial charge in [-0.3, -0.25) is 4.79 Å². The van der Waals surface area contributed by atoms with Crippen LogP contribution in [0, 0.1) is 0 Å². The number of carbonyl (C=O) groups is 1. The van der Waals surface area contributed by atoms with Crippen LogP contribution in [-0.2, 0) is 11.3 Å². The average Bonchev–Trinajstić information content (AvgIpc) is 3.05. The summed E-state index contributed by atoms with van der Waals surface area (Å²) < 4.78 is 6.00. The molecule has 120 valence electrons. The third kappa shape index (κ3) is 5.34. The molecule has 1 atom stereocenters. The molecule has 0 aliphatic heterocycles. The fourth-order valence-corrected chi connectivity index (χ4v) is 3.47. The van der Waals surface area contributed by atoms with E-state index in [1.54, 1.807) is 6.26 Å². The lowest BCUT2D eigenvalue weighted by atomic mass is 10.1. The van der Waals surface area contributed by atoms with Gasteiger partial charge < -0.3 is 15.1 Å². The normalized spacial score (nSPS) is 12.9. The minimum absolute atomic E-state index is 0.00204. The standard InChI is InChI=1S/C14H20N4O2S2/c1-9(11(19)16-14(2,3)4)21-13-18-17-12(22-13)15-8-10-6-5-7-20-10/h5-7,9H,8H2,1-4H3,(H,15,17)(H,16,19)/t9-/m0/s1. The van der Waals surface area contributed by atoms with Crippen LogP contribution in [0.3, 0.4) is 0 Å². The summed E-state index contributed by atoms with van der Waals surface area (Å²) in [6.45, 7) is 8.31. The second kappa shape index (κ2) is 7.15. The number of furan rings is 1. The minimum atomic E-state index is -0.233. The van der Waals surface area contributed by atoms with E-state index in [0.29, 0.717) is 11.7 Å². The SMILES string of the molecule is C[C@H](Sc1nnc(NCc2ccco2)s1)C(=O)NC(C)(C)C. The van der Waals surface area contributed by atoms with Crippen LogP contribution in [0.1, 0.15) is 33.5 Å². The fraction of sp³-hybridized carbons (Fsp3) is 0.500. The van der Waals surface area contributed by atoms with Gasteiger partial charge in [-0.15, -0.1) is 10.2 Å². The minimum Gasteiger partial charge on any atom is -0.467 e. The van der Waals surface area contributed by atoms with Crippen molar-refractivity contribution in [2.24, 2.45) is 0 Å². The highest BCUT2D eigenvalue weighted by Crippen LogP contribution is 2.29. The van der Waals surface area contributed by atoms with E-state index < -0.39 is 0 Å². The topological polar surface area (TPSA) is 80.1 Å². The van der Waals surface area contributed by atoms with E-state index in [2.05, 4.69) is 20.8 Å². The zero-order chi connectivity index (χ0) is 16.2. The fourth-order valence-electron chi connectivity index (χ4n) is 1.58. The number of nitrogens with one attached hydrogen (secondary N) is 2. The Labute approximate surface area is 138 Å². The molecule has 0 radical (unpaired) electrons. The van der Waals surface area contributed by atoms with Crippen molar-refractivity contribution in [3.63, 3.8) is 0 Å². The predicted molar refractivity (Wildman–Crippen MR) is 89.2 cm³/mol. The summed E-state index contributed by atoms with van der Waals surface area (Å²) in [6, 6.07) is 3.73. The quantitative estimate of drug-likeness (QED) is 0.787. The monoisotopic (exact) mass is 340 g/mol. The van der Waals surface area contributed by atoms with Gasteiger partial charge in [0, 0.05) is 5.54 Å². The van der Waals surface area contributed by atoms with Crippen LogP contribution in [0.4, 0.5) is 5.13 Å². The van der Waals surface area contributed by atoms with Crippen LogP contribution >= 0.6 is 23.1 Å². The molecule has 0 spiro atoms. The zero-order valence-corrected chi connectivity index (χ0v) is 14.7. The van der Waals surface area contributed by atoms with E-state index in [9.17, 15) is 4.79 Å². The molecule has 0 saturated heterocycles. The first-order valence-corrected chi connectivity index (χ1v) is 8.61. The van der Waals surface area contributed by atoms with Gasteiger partial charge in [-0.05, 0) is 39.8 Å². The van der Waals surface area contributed by atoms with Crippen molar-refractivity contribution in [2.45, 2.75) is 49.4 Å². The molecule has 2 aromatic rings. The number of nitrogens with zero attached hydrogens (tertiary/aromatic N) is 2. The van der Waals surface area contributed by atoms with Crippen molar-refractivity contribution >= 4 is 34.1 Å². The van der Waals surface area contributed by atoms with Crippen LogP contribution in [0.5, 0.6) is 0 Å². The van der Waals surface area contributed by atoms with Crippen LogP contribution in [-0.4, -0.2) is 26.9 Å². The van der Waals surface area contributed by atoms with E-state index in [0.717, 1.165) is 10.1 Å². The molecule has 0 aliphatic rings. The Morgan fingerprint density at radius 3 is 2.86 bits per heavy atom. The molecule has 0 aliphatic carbocycles. The maximum absolute atomic E-state index is 12.0. The summed E-state index contributed by atoms with van der Waals surface area (Å²) in [5.74, 6) is 0.833. The largest absolute Gasteiger partial charge is 0.467 e. The van der Waals surface area contributed by atoms with Crippen molar-refractivity contribution in [2.75, 3.05) is 5.32 Å². The predicted octanol–water partition coefficient (Wildman–Crippen LogP) is 3.14. The Balaban J connectivity index is 1.84. The highest BCUT2D eigenvalue weighted by atomic mass is 32.2. The summed E-state index contributed by atoms with van der Waals surface area (Å²) in [4.78, 5) is 12.0. The van der Waals surface area contributed by atoms with Crippen molar-refractivity contribution in [1.29, 1.82) is 0 Å². The molecule has 1 amide bonds. The van der Waals surface area contributed by atoms with Crippen molar-refractivity contribution in [1.82, 2.24) is 15.5 Å². The van der Waals surface area contributed by atoms with Gasteiger partial charge in [0.1, 0.15) is 5.76 Å². The molecule has 0 saturated carbocycles. The molecule has 0 fully saturated rings. The second-order valence-electron chi connectivity index (χ2n) is 5.81. The molecule has 2 rings (SSSR count). The van der Waals surface area contributed by atoms with E-state index in [1.807, 2.05) is 39.8 Å². The van der Waals surface area contributed by atoms with Gasteiger partial charge in [0.15, 0.2) is 4.34 Å². The third-order valence-corrected chi connectivity index (χ3v) is 4.61. The highest BCUT2D eigenvalue weighted by Gasteiger charge is 2.21. The first kappa shape index (κ1) is 16.8. The van der Waals surface area contributed by atoms with E-state index in [1.165, 1.54) is 23.1 Å². The maximum atomic E-state index is 12.0. The van der Waals surface area contributed by atoms with Crippen molar-refractivity contribution in [3.05, 3.63) is 24.2 Å². The molecule has 0 bridgehead atoms. The zero-order valence-electron chi connectivity index (χ0n) is 13.0. The summed E-state index contributed by atoms with van der Waals surface area (Å²) in [5.41, 5.74) is -0.233. The second-order valence-corrected chi connectivity index (χ2v) is 8.37. The molecule has 2 aromatic heterocycles. The summed E-state index contributed by atoms with van der Waals surface area (Å²) in [6.07, 6.45) is 1.63. The van der Waals surface area contributed by atoms with Gasteiger partial charge in [0.2, 0.25) is 11.0 Å². The number of hydrogen-bond acceptors (Lipinski definition) is 7. The molecule has 0 unspecified atom stereocenters. The average molecular weight is 340 g/mol. The molecular weight excluding hydrogens is 320 g/mol. The van der Waals surface area contributed by atoms with Crippen LogP contribution < -0.4 is 10.6 Å². The Morgan fingerprint density at radius 2 is 2.23 bits per heavy atom. The molecule has 2 heterocycles. The molecule has 0 aromatic carbocycles. The lowest BCUT2D eigenvalue weighted by molar-refractivity contribution is -0.121. The number of anilines is 1. The van der Waals surface area contributed by atoms with Gasteiger partial charge >= 0.3 is 0 Å². The van der Waals surface area contributed by atoms with Gasteiger partial charge in [-0.1, -0.05) is 23.1 Å². The van der Waals surface area contributed by atoms with Crippen LogP contribution in [0.2, 0.25) is 0 Å². The number of hydrogen-bond donors (Lipinski definition) is 2. The Morgan fingerprint density at radius 1 is 1.45 bits per heavy atom. The molecule has 8 heteroatoms. The van der Waals surface area contributed by atoms with Gasteiger partial charge in [0.05, 0.1) is 18.1 Å². The van der Waals surface area contributed by atoms with Crippen LogP contribution in [0.25, 0.3) is 0 Å². The number of thioether (sulfide) groups is 1. The van der Waals surface area contributed by atoms with E-state index >= 15 is 0 Å². The molecule has 22 heavy (non-hydrogen) atoms. The third-order valence-electron chi connectivity index (χ3n) is 2.55. The first-order valence-electron chi connectivity index (χ1n) is 6.92. The molecule has 2 N–H and O–H groups in total. The van der Waals surface area contributed by atoms with Crippen molar-refractivity contribution < 1.29 is 9.21 Å². The molecule has 6 nitrogen and oxygen atoms in total. The van der Waals surface area contributed by atoms with E-state index in [-0.39, 0.29) is 16.7 Å². The lowest BCUT2D eigenvalue weighted by Crippen LogP contribution is -2.44. The number of rotatable bonds is 6. The number of carbonyl (C=O) groups excluding carboxylic acids is 1. The first-order chi connectivity index (χ1) is 10.3. The van der Waals surface area contributed by atoms with Gasteiger partial charge in [0.25, 0.3) is 0 Å². The molecular formula is C14H20N4O2S2. The Hall–Kier alpha value is -1.54. The number of aromatic nitrogens is 2. The Kier molecular flexibility index (Phi) is 5.47. The summed E-state index contributed by atoms with van der Waals surface area (Å²) in [7, 11) is 0. The van der Waals surface area contributed by atoms with Crippen LogP contribution in [0.15, 0.2) is 27.2 Å². The van der Waals surface area contributed by atoms with Gasteiger partial charge in [-0.25, -0.2) is 0 Å². The van der Waals surface area contributed by atoms with E-state index in [4.69, 9.17) is 4.42 Å². The number of amides is 1. The van der Waals surface area contributed by atoms with Crippen molar-refractivity contribution in [3.8, 4) is 0 Å². The summed E-state index contributed by atoms with van der Waals surface area (Å²) >= 11 is 2.83. The lowest BCUT2D eigenvalue weighted by Gasteiger charge is -2.22. The van der Waals surface area contributed by atoms with Gasteiger partial charge in [-0.2, -0.15) is 0 Å². The summed E-state index contributed by atoms with van der Waals surface area (Å²) in [5, 5.41) is 14.8. The smallest absolute Gasteiger partial charge is 0.233 e. The Bertz CT molecular complexity index is 605. The highest BCUT2D eigenvalue weighted by molar-refractivity contribution is 8.02. The maximum Gasteiger partial charge on any atom is 0.233 e.